The Labute approximate surface area is 153 Å². The van der Waals surface area contributed by atoms with Gasteiger partial charge in [-0.15, -0.1) is 11.3 Å². The smallest absolute Gasteiger partial charge is 0.341 e. The highest BCUT2D eigenvalue weighted by Crippen LogP contribution is 2.40. The minimum atomic E-state index is -0.578. The summed E-state index contributed by atoms with van der Waals surface area (Å²) in [6.07, 6.45) is 4.89. The molecule has 1 unspecified atom stereocenters. The SMILES string of the molecule is COC(=O)c1c(NC(=O)Cn2cc([N+](=O)[O-])cn2)sc2c1CCC(C)C2. The summed E-state index contributed by atoms with van der Waals surface area (Å²) in [5, 5.41) is 17.7. The Morgan fingerprint density at radius 2 is 2.31 bits per heavy atom. The van der Waals surface area contributed by atoms with Gasteiger partial charge >= 0.3 is 11.7 Å². The van der Waals surface area contributed by atoms with Crippen molar-refractivity contribution in [3.63, 3.8) is 0 Å². The zero-order valence-corrected chi connectivity index (χ0v) is 15.2. The van der Waals surface area contributed by atoms with Crippen molar-refractivity contribution < 1.29 is 19.2 Å². The molecule has 1 amide bonds. The van der Waals surface area contributed by atoms with Gasteiger partial charge in [0.25, 0.3) is 0 Å². The second kappa shape index (κ2) is 7.24. The Kier molecular flexibility index (Phi) is 5.03. The van der Waals surface area contributed by atoms with Crippen LogP contribution < -0.4 is 5.32 Å². The number of rotatable bonds is 5. The maximum Gasteiger partial charge on any atom is 0.341 e. The maximum atomic E-state index is 12.3. The van der Waals surface area contributed by atoms with E-state index in [4.69, 9.17) is 4.74 Å². The molecule has 0 fully saturated rings. The molecule has 138 valence electrons. The summed E-state index contributed by atoms with van der Waals surface area (Å²) in [6.45, 7) is 1.97. The van der Waals surface area contributed by atoms with E-state index in [0.717, 1.165) is 35.9 Å². The van der Waals surface area contributed by atoms with Crippen molar-refractivity contribution in [2.45, 2.75) is 32.7 Å². The maximum absolute atomic E-state index is 12.3. The van der Waals surface area contributed by atoms with Crippen LogP contribution in [0.3, 0.4) is 0 Å². The van der Waals surface area contributed by atoms with E-state index in [-0.39, 0.29) is 12.2 Å². The van der Waals surface area contributed by atoms with Crippen LogP contribution in [0.2, 0.25) is 0 Å². The van der Waals surface area contributed by atoms with Crippen molar-refractivity contribution in [3.05, 3.63) is 38.5 Å². The lowest BCUT2D eigenvalue weighted by Gasteiger charge is -2.18. The monoisotopic (exact) mass is 378 g/mol. The van der Waals surface area contributed by atoms with Crippen LogP contribution in [-0.2, 0) is 28.9 Å². The molecule has 26 heavy (non-hydrogen) atoms. The van der Waals surface area contributed by atoms with Gasteiger partial charge in [0.1, 0.15) is 23.9 Å². The minimum absolute atomic E-state index is 0.186. The highest BCUT2D eigenvalue weighted by Gasteiger charge is 2.29. The number of anilines is 1. The van der Waals surface area contributed by atoms with Crippen LogP contribution in [0.15, 0.2) is 12.4 Å². The second-order valence-electron chi connectivity index (χ2n) is 6.25. The Balaban J connectivity index is 1.80. The second-order valence-corrected chi connectivity index (χ2v) is 7.35. The molecule has 9 nitrogen and oxygen atoms in total. The van der Waals surface area contributed by atoms with E-state index in [1.807, 2.05) is 0 Å². The summed E-state index contributed by atoms with van der Waals surface area (Å²) < 4.78 is 6.06. The van der Waals surface area contributed by atoms with Crippen LogP contribution in [0.4, 0.5) is 10.7 Å². The number of thiophene rings is 1. The van der Waals surface area contributed by atoms with E-state index in [2.05, 4.69) is 17.3 Å². The number of fused-ring (bicyclic) bond motifs is 1. The average molecular weight is 378 g/mol. The number of amides is 1. The molecule has 0 aromatic carbocycles. The van der Waals surface area contributed by atoms with Gasteiger partial charge in [-0.05, 0) is 30.7 Å². The first-order valence-corrected chi connectivity index (χ1v) is 8.90. The quantitative estimate of drug-likeness (QED) is 0.485. The largest absolute Gasteiger partial charge is 0.465 e. The van der Waals surface area contributed by atoms with Gasteiger partial charge in [-0.3, -0.25) is 19.6 Å². The van der Waals surface area contributed by atoms with E-state index >= 15 is 0 Å². The summed E-state index contributed by atoms with van der Waals surface area (Å²) in [5.74, 6) is -0.360. The number of carbonyl (C=O) groups is 2. The summed E-state index contributed by atoms with van der Waals surface area (Å²) in [5.41, 5.74) is 1.18. The predicted octanol–water partition coefficient (Wildman–Crippen LogP) is 2.40. The lowest BCUT2D eigenvalue weighted by Crippen LogP contribution is -2.20. The number of aromatic nitrogens is 2. The number of hydrogen-bond donors (Lipinski definition) is 1. The Hall–Kier alpha value is -2.75. The van der Waals surface area contributed by atoms with Gasteiger partial charge in [0.15, 0.2) is 0 Å². The third kappa shape index (κ3) is 3.59. The van der Waals surface area contributed by atoms with Crippen molar-refractivity contribution >= 4 is 33.9 Å². The van der Waals surface area contributed by atoms with Crippen molar-refractivity contribution in [1.82, 2.24) is 9.78 Å². The fourth-order valence-corrected chi connectivity index (χ4v) is 4.42. The van der Waals surface area contributed by atoms with E-state index in [9.17, 15) is 19.7 Å². The van der Waals surface area contributed by atoms with Gasteiger partial charge in [-0.25, -0.2) is 4.79 Å². The van der Waals surface area contributed by atoms with E-state index < -0.39 is 16.8 Å². The first-order valence-electron chi connectivity index (χ1n) is 8.08. The Morgan fingerprint density at radius 1 is 1.54 bits per heavy atom. The van der Waals surface area contributed by atoms with E-state index in [1.54, 1.807) is 0 Å². The van der Waals surface area contributed by atoms with E-state index in [0.29, 0.717) is 16.5 Å². The molecule has 1 atom stereocenters. The molecule has 0 saturated heterocycles. The molecule has 1 aliphatic rings. The normalized spacial score (nSPS) is 16.0. The van der Waals surface area contributed by atoms with Crippen LogP contribution in [-0.4, -0.2) is 33.7 Å². The number of esters is 1. The lowest BCUT2D eigenvalue weighted by molar-refractivity contribution is -0.385. The average Bonchev–Trinajstić information content (AvgIpc) is 3.18. The van der Waals surface area contributed by atoms with Crippen molar-refractivity contribution in [2.24, 2.45) is 5.92 Å². The van der Waals surface area contributed by atoms with Crippen LogP contribution >= 0.6 is 11.3 Å². The summed E-state index contributed by atoms with van der Waals surface area (Å²) >= 11 is 1.39. The standard InChI is InChI=1S/C16H18N4O5S/c1-9-3-4-11-12(5-9)26-15(14(11)16(22)25-2)18-13(21)8-19-7-10(6-17-19)20(23)24/h6-7,9H,3-5,8H2,1-2H3,(H,18,21). The zero-order chi connectivity index (χ0) is 18.8. The first kappa shape index (κ1) is 18.1. The van der Waals surface area contributed by atoms with Crippen molar-refractivity contribution in [1.29, 1.82) is 0 Å². The third-order valence-corrected chi connectivity index (χ3v) is 5.46. The Morgan fingerprint density at radius 3 is 2.96 bits per heavy atom. The third-order valence-electron chi connectivity index (χ3n) is 4.29. The summed E-state index contributed by atoms with van der Waals surface area (Å²) in [4.78, 5) is 35.7. The summed E-state index contributed by atoms with van der Waals surface area (Å²) in [6, 6.07) is 0. The number of nitro groups is 1. The number of nitrogens with one attached hydrogen (secondary N) is 1. The first-order chi connectivity index (χ1) is 12.4. The fourth-order valence-electron chi connectivity index (χ4n) is 3.00. The molecule has 0 spiro atoms. The molecule has 3 rings (SSSR count). The van der Waals surface area contributed by atoms with Crippen molar-refractivity contribution in [2.75, 3.05) is 12.4 Å². The molecule has 2 heterocycles. The Bertz CT molecular complexity index is 872. The lowest BCUT2D eigenvalue weighted by atomic mass is 9.88. The van der Waals surface area contributed by atoms with Crippen LogP contribution in [0, 0.1) is 16.0 Å². The van der Waals surface area contributed by atoms with Crippen LogP contribution in [0.25, 0.3) is 0 Å². The molecular formula is C16H18N4O5S. The van der Waals surface area contributed by atoms with Crippen LogP contribution in [0.1, 0.15) is 34.1 Å². The predicted molar refractivity (Wildman–Crippen MR) is 94.4 cm³/mol. The van der Waals surface area contributed by atoms with Crippen LogP contribution in [0.5, 0.6) is 0 Å². The number of nitrogens with zero attached hydrogens (tertiary/aromatic N) is 3. The fraction of sp³-hybridized carbons (Fsp3) is 0.438. The van der Waals surface area contributed by atoms with Gasteiger partial charge in [0, 0.05) is 4.88 Å². The topological polar surface area (TPSA) is 116 Å². The molecule has 2 aromatic rings. The number of ether oxygens (including phenoxy) is 1. The van der Waals surface area contributed by atoms with E-state index in [1.165, 1.54) is 29.3 Å². The van der Waals surface area contributed by atoms with Gasteiger partial charge in [0.2, 0.25) is 5.91 Å². The number of hydrogen-bond acceptors (Lipinski definition) is 7. The van der Waals surface area contributed by atoms with Gasteiger partial charge in [-0.2, -0.15) is 5.10 Å². The molecule has 0 bridgehead atoms. The molecule has 0 saturated carbocycles. The number of methoxy groups -OCH3 is 1. The highest BCUT2D eigenvalue weighted by molar-refractivity contribution is 7.17. The molecule has 1 aliphatic carbocycles. The van der Waals surface area contributed by atoms with Gasteiger partial charge in [0.05, 0.1) is 17.6 Å². The highest BCUT2D eigenvalue weighted by atomic mass is 32.1. The zero-order valence-electron chi connectivity index (χ0n) is 14.4. The molecule has 0 aliphatic heterocycles. The molecule has 1 N–H and O–H groups in total. The summed E-state index contributed by atoms with van der Waals surface area (Å²) in [7, 11) is 1.31. The van der Waals surface area contributed by atoms with Gasteiger partial charge < -0.3 is 10.1 Å². The van der Waals surface area contributed by atoms with Crippen molar-refractivity contribution in [3.8, 4) is 0 Å². The minimum Gasteiger partial charge on any atom is -0.465 e. The molecule has 0 radical (unpaired) electrons. The number of carbonyl (C=O) groups excluding carboxylic acids is 2. The molecular weight excluding hydrogens is 360 g/mol. The molecule has 10 heteroatoms. The molecule has 2 aromatic heterocycles. The van der Waals surface area contributed by atoms with Gasteiger partial charge in [-0.1, -0.05) is 6.92 Å².